The van der Waals surface area contributed by atoms with Crippen LogP contribution in [0.2, 0.25) is 0 Å². The topological polar surface area (TPSA) is 52.3 Å². The fraction of sp³-hybridized carbons (Fsp3) is 0.562. The van der Waals surface area contributed by atoms with E-state index in [9.17, 15) is 4.79 Å². The zero-order valence-electron chi connectivity index (χ0n) is 11.9. The molecule has 0 bridgehead atoms. The van der Waals surface area contributed by atoms with Crippen LogP contribution in [0.15, 0.2) is 24.3 Å². The Morgan fingerprint density at radius 3 is 2.37 bits per heavy atom. The minimum absolute atomic E-state index is 0.154. The average Bonchev–Trinajstić information content (AvgIpc) is 2.40. The van der Waals surface area contributed by atoms with Crippen LogP contribution in [0.4, 0.5) is 5.69 Å². The Hall–Kier alpha value is -1.51. The summed E-state index contributed by atoms with van der Waals surface area (Å²) in [6.07, 6.45) is 7.54. The van der Waals surface area contributed by atoms with E-state index in [1.165, 1.54) is 25.7 Å². The average molecular weight is 263 g/mol. The van der Waals surface area contributed by atoms with Gasteiger partial charge < -0.3 is 10.5 Å². The molecule has 0 radical (unpaired) electrons. The molecular formula is C16H25NO2. The SMILES string of the molecule is CCCCCCCCOC(=O)Cc1ccc(N)cc1. The lowest BCUT2D eigenvalue weighted by molar-refractivity contribution is -0.142. The molecule has 0 saturated carbocycles. The maximum atomic E-state index is 11.6. The van der Waals surface area contributed by atoms with Crippen molar-refractivity contribution in [3.63, 3.8) is 0 Å². The fourth-order valence-corrected chi connectivity index (χ4v) is 1.92. The first-order chi connectivity index (χ1) is 9.22. The van der Waals surface area contributed by atoms with Crippen molar-refractivity contribution < 1.29 is 9.53 Å². The van der Waals surface area contributed by atoms with Crippen LogP contribution in [0.25, 0.3) is 0 Å². The first kappa shape index (κ1) is 15.5. The van der Waals surface area contributed by atoms with Gasteiger partial charge in [0.1, 0.15) is 0 Å². The zero-order chi connectivity index (χ0) is 13.9. The van der Waals surface area contributed by atoms with Gasteiger partial charge in [-0.3, -0.25) is 4.79 Å². The minimum Gasteiger partial charge on any atom is -0.465 e. The van der Waals surface area contributed by atoms with Gasteiger partial charge in [0.05, 0.1) is 13.0 Å². The summed E-state index contributed by atoms with van der Waals surface area (Å²) in [4.78, 5) is 11.6. The number of benzene rings is 1. The van der Waals surface area contributed by atoms with Crippen LogP contribution < -0.4 is 5.73 Å². The second kappa shape index (κ2) is 9.42. The summed E-state index contributed by atoms with van der Waals surface area (Å²) in [7, 11) is 0. The predicted molar refractivity (Wildman–Crippen MR) is 78.9 cm³/mol. The van der Waals surface area contributed by atoms with Crippen molar-refractivity contribution in [2.45, 2.75) is 51.9 Å². The molecular weight excluding hydrogens is 238 g/mol. The highest BCUT2D eigenvalue weighted by molar-refractivity contribution is 5.72. The second-order valence-electron chi connectivity index (χ2n) is 4.91. The van der Waals surface area contributed by atoms with E-state index in [4.69, 9.17) is 10.5 Å². The molecule has 0 aliphatic carbocycles. The van der Waals surface area contributed by atoms with Crippen LogP contribution >= 0.6 is 0 Å². The highest BCUT2D eigenvalue weighted by Crippen LogP contribution is 2.08. The third-order valence-corrected chi connectivity index (χ3v) is 3.09. The van der Waals surface area contributed by atoms with Gasteiger partial charge in [-0.2, -0.15) is 0 Å². The normalized spacial score (nSPS) is 10.4. The van der Waals surface area contributed by atoms with Gasteiger partial charge in [-0.25, -0.2) is 0 Å². The zero-order valence-corrected chi connectivity index (χ0v) is 11.9. The van der Waals surface area contributed by atoms with Crippen LogP contribution in [-0.4, -0.2) is 12.6 Å². The van der Waals surface area contributed by atoms with Crippen molar-refractivity contribution in [3.05, 3.63) is 29.8 Å². The van der Waals surface area contributed by atoms with Gasteiger partial charge >= 0.3 is 5.97 Å². The molecule has 1 rings (SSSR count). The summed E-state index contributed by atoms with van der Waals surface area (Å²) < 4.78 is 5.21. The van der Waals surface area contributed by atoms with Crippen molar-refractivity contribution in [2.75, 3.05) is 12.3 Å². The summed E-state index contributed by atoms with van der Waals surface area (Å²) in [6.45, 7) is 2.75. The number of nitrogens with two attached hydrogens (primary N) is 1. The molecule has 1 aromatic rings. The molecule has 0 spiro atoms. The Bertz CT molecular complexity index is 360. The van der Waals surface area contributed by atoms with Crippen LogP contribution in [0.3, 0.4) is 0 Å². The molecule has 19 heavy (non-hydrogen) atoms. The second-order valence-corrected chi connectivity index (χ2v) is 4.91. The van der Waals surface area contributed by atoms with Gasteiger partial charge in [-0.05, 0) is 24.1 Å². The van der Waals surface area contributed by atoms with Crippen molar-refractivity contribution in [1.82, 2.24) is 0 Å². The predicted octanol–water partition coefficient (Wildman–Crippen LogP) is 3.72. The first-order valence-electron chi connectivity index (χ1n) is 7.22. The number of hydrogen-bond acceptors (Lipinski definition) is 3. The smallest absolute Gasteiger partial charge is 0.310 e. The van der Waals surface area contributed by atoms with Gasteiger partial charge in [-0.1, -0.05) is 51.2 Å². The molecule has 0 amide bonds. The summed E-state index contributed by atoms with van der Waals surface area (Å²) in [6, 6.07) is 7.33. The molecule has 3 heteroatoms. The third kappa shape index (κ3) is 7.50. The van der Waals surface area contributed by atoms with Gasteiger partial charge in [0.2, 0.25) is 0 Å². The summed E-state index contributed by atoms with van der Waals surface area (Å²) in [5.41, 5.74) is 7.25. The molecule has 106 valence electrons. The molecule has 0 aliphatic heterocycles. The molecule has 0 fully saturated rings. The Kier molecular flexibility index (Phi) is 7.71. The number of ether oxygens (including phenoxy) is 1. The van der Waals surface area contributed by atoms with Crippen LogP contribution in [0.1, 0.15) is 51.0 Å². The van der Waals surface area contributed by atoms with Crippen molar-refractivity contribution in [2.24, 2.45) is 0 Å². The maximum absolute atomic E-state index is 11.6. The Labute approximate surface area is 116 Å². The van der Waals surface area contributed by atoms with E-state index in [-0.39, 0.29) is 5.97 Å². The summed E-state index contributed by atoms with van der Waals surface area (Å²) in [5.74, 6) is -0.154. The molecule has 0 heterocycles. The van der Waals surface area contributed by atoms with Crippen LogP contribution in [-0.2, 0) is 16.0 Å². The number of rotatable bonds is 9. The highest BCUT2D eigenvalue weighted by Gasteiger charge is 2.04. The van der Waals surface area contributed by atoms with Crippen molar-refractivity contribution >= 4 is 11.7 Å². The van der Waals surface area contributed by atoms with E-state index in [2.05, 4.69) is 6.92 Å². The van der Waals surface area contributed by atoms with E-state index in [1.807, 2.05) is 12.1 Å². The van der Waals surface area contributed by atoms with Crippen molar-refractivity contribution in [1.29, 1.82) is 0 Å². The number of carbonyl (C=O) groups excluding carboxylic acids is 1. The molecule has 0 unspecified atom stereocenters. The Balaban J connectivity index is 2.06. The van der Waals surface area contributed by atoms with Gasteiger partial charge in [0.25, 0.3) is 0 Å². The lowest BCUT2D eigenvalue weighted by atomic mass is 10.1. The quantitative estimate of drug-likeness (QED) is 0.420. The number of esters is 1. The van der Waals surface area contributed by atoms with Gasteiger partial charge in [0, 0.05) is 5.69 Å². The first-order valence-corrected chi connectivity index (χ1v) is 7.22. The monoisotopic (exact) mass is 263 g/mol. The van der Waals surface area contributed by atoms with Crippen molar-refractivity contribution in [3.8, 4) is 0 Å². The van der Waals surface area contributed by atoms with E-state index < -0.39 is 0 Å². The number of hydrogen-bond donors (Lipinski definition) is 1. The highest BCUT2D eigenvalue weighted by atomic mass is 16.5. The standard InChI is InChI=1S/C16H25NO2/c1-2-3-4-5-6-7-12-19-16(18)13-14-8-10-15(17)11-9-14/h8-11H,2-7,12-13,17H2,1H3. The largest absolute Gasteiger partial charge is 0.465 e. The van der Waals surface area contributed by atoms with E-state index in [0.29, 0.717) is 18.7 Å². The minimum atomic E-state index is -0.154. The number of anilines is 1. The molecule has 1 aromatic carbocycles. The molecule has 0 atom stereocenters. The number of nitrogen functional groups attached to an aromatic ring is 1. The number of carbonyl (C=O) groups is 1. The lowest BCUT2D eigenvalue weighted by Gasteiger charge is -2.05. The van der Waals surface area contributed by atoms with E-state index >= 15 is 0 Å². The fourth-order valence-electron chi connectivity index (χ4n) is 1.92. The van der Waals surface area contributed by atoms with E-state index in [1.54, 1.807) is 12.1 Å². The molecule has 0 aliphatic rings. The van der Waals surface area contributed by atoms with Crippen LogP contribution in [0, 0.1) is 0 Å². The molecule has 3 nitrogen and oxygen atoms in total. The van der Waals surface area contributed by atoms with Gasteiger partial charge in [0.15, 0.2) is 0 Å². The van der Waals surface area contributed by atoms with E-state index in [0.717, 1.165) is 18.4 Å². The third-order valence-electron chi connectivity index (χ3n) is 3.09. The molecule has 0 aromatic heterocycles. The van der Waals surface area contributed by atoms with Crippen LogP contribution in [0.5, 0.6) is 0 Å². The summed E-state index contributed by atoms with van der Waals surface area (Å²) in [5, 5.41) is 0. The van der Waals surface area contributed by atoms with Gasteiger partial charge in [-0.15, -0.1) is 0 Å². The number of unbranched alkanes of at least 4 members (excludes halogenated alkanes) is 5. The Morgan fingerprint density at radius 1 is 1.05 bits per heavy atom. The summed E-state index contributed by atoms with van der Waals surface area (Å²) >= 11 is 0. The Morgan fingerprint density at radius 2 is 1.68 bits per heavy atom. The molecule has 0 saturated heterocycles. The maximum Gasteiger partial charge on any atom is 0.310 e. The molecule has 2 N–H and O–H groups in total. The lowest BCUT2D eigenvalue weighted by Crippen LogP contribution is -2.09.